The van der Waals surface area contributed by atoms with Gasteiger partial charge in [0.15, 0.2) is 5.16 Å². The minimum atomic E-state index is -0.640. The Bertz CT molecular complexity index is 1210. The Kier molecular flexibility index (Phi) is 8.85. The first kappa shape index (κ1) is 25.8. The summed E-state index contributed by atoms with van der Waals surface area (Å²) < 4.78 is 16.6. The Morgan fingerprint density at radius 3 is 2.31 bits per heavy atom. The summed E-state index contributed by atoms with van der Waals surface area (Å²) in [4.78, 5) is 36.7. The molecule has 0 aliphatic rings. The Hall–Kier alpha value is -3.86. The van der Waals surface area contributed by atoms with Gasteiger partial charge in [0.2, 0.25) is 5.91 Å². The topological polar surface area (TPSA) is 122 Å². The number of hydrogen-bond acceptors (Lipinski definition) is 9. The van der Waals surface area contributed by atoms with E-state index in [0.29, 0.717) is 18.1 Å². The van der Waals surface area contributed by atoms with Gasteiger partial charge in [0.25, 0.3) is 0 Å². The number of benzene rings is 2. The standard InChI is InChI=1S/C24H26N4O6S/c1-5-28-20(12-15-6-9-17(32-2)10-7-15)26-27-24(28)35-14-21(29)25-19-13-16(22(30)33-3)8-11-18(19)23(31)34-4/h6-11,13H,5,12,14H2,1-4H3,(H,25,29). The van der Waals surface area contributed by atoms with E-state index in [-0.39, 0.29) is 28.5 Å². The number of nitrogens with zero attached hydrogens (tertiary/aromatic N) is 3. The number of aromatic nitrogens is 3. The van der Waals surface area contributed by atoms with Crippen LogP contribution in [0.2, 0.25) is 0 Å². The van der Waals surface area contributed by atoms with Crippen molar-refractivity contribution in [1.29, 1.82) is 0 Å². The van der Waals surface area contributed by atoms with Gasteiger partial charge in [-0.15, -0.1) is 10.2 Å². The van der Waals surface area contributed by atoms with Crippen molar-refractivity contribution in [2.75, 3.05) is 32.4 Å². The highest BCUT2D eigenvalue weighted by Gasteiger charge is 2.19. The predicted octanol–water partition coefficient (Wildman–Crippen LogP) is 3.20. The van der Waals surface area contributed by atoms with Crippen molar-refractivity contribution in [3.63, 3.8) is 0 Å². The van der Waals surface area contributed by atoms with Crippen molar-refractivity contribution < 1.29 is 28.6 Å². The lowest BCUT2D eigenvalue weighted by Crippen LogP contribution is -2.18. The fraction of sp³-hybridized carbons (Fsp3) is 0.292. The fourth-order valence-electron chi connectivity index (χ4n) is 3.30. The van der Waals surface area contributed by atoms with Crippen molar-refractivity contribution in [3.05, 3.63) is 65.0 Å². The number of thioether (sulfide) groups is 1. The number of hydrogen-bond donors (Lipinski definition) is 1. The van der Waals surface area contributed by atoms with Crippen LogP contribution in [0.3, 0.4) is 0 Å². The molecule has 0 radical (unpaired) electrons. The van der Waals surface area contributed by atoms with Crippen LogP contribution < -0.4 is 10.1 Å². The molecule has 0 spiro atoms. The monoisotopic (exact) mass is 498 g/mol. The highest BCUT2D eigenvalue weighted by atomic mass is 32.2. The first-order valence-electron chi connectivity index (χ1n) is 10.7. The molecule has 1 amide bonds. The molecule has 1 N–H and O–H groups in total. The molecule has 0 bridgehead atoms. The molecule has 0 fully saturated rings. The van der Waals surface area contributed by atoms with Crippen LogP contribution in [0, 0.1) is 0 Å². The average molecular weight is 499 g/mol. The molecule has 0 aliphatic carbocycles. The molecule has 0 saturated carbocycles. The number of methoxy groups -OCH3 is 3. The molecule has 3 rings (SSSR count). The van der Waals surface area contributed by atoms with Crippen molar-refractivity contribution in [1.82, 2.24) is 14.8 Å². The zero-order valence-corrected chi connectivity index (χ0v) is 20.7. The molecule has 0 saturated heterocycles. The summed E-state index contributed by atoms with van der Waals surface area (Å²) in [6.45, 7) is 2.61. The third-order valence-electron chi connectivity index (χ3n) is 5.08. The largest absolute Gasteiger partial charge is 0.497 e. The Labute approximate surface area is 207 Å². The Morgan fingerprint density at radius 1 is 0.971 bits per heavy atom. The Balaban J connectivity index is 1.70. The first-order chi connectivity index (χ1) is 16.9. The number of rotatable bonds is 10. The molecule has 0 aliphatic heterocycles. The minimum Gasteiger partial charge on any atom is -0.497 e. The van der Waals surface area contributed by atoms with Crippen LogP contribution in [0.1, 0.15) is 39.0 Å². The van der Waals surface area contributed by atoms with Gasteiger partial charge in [-0.3, -0.25) is 4.79 Å². The maximum atomic E-state index is 12.7. The number of amides is 1. The molecule has 0 unspecified atom stereocenters. The van der Waals surface area contributed by atoms with Crippen molar-refractivity contribution >= 4 is 35.3 Å². The fourth-order valence-corrected chi connectivity index (χ4v) is 4.12. The molecule has 0 atom stereocenters. The summed E-state index contributed by atoms with van der Waals surface area (Å²) in [6.07, 6.45) is 0.584. The third kappa shape index (κ3) is 6.38. The molecule has 1 heterocycles. The van der Waals surface area contributed by atoms with E-state index in [1.807, 2.05) is 35.8 Å². The molecule has 3 aromatic rings. The Morgan fingerprint density at radius 2 is 1.69 bits per heavy atom. The van der Waals surface area contributed by atoms with E-state index in [0.717, 1.165) is 17.1 Å². The van der Waals surface area contributed by atoms with E-state index in [1.54, 1.807) is 7.11 Å². The van der Waals surface area contributed by atoms with E-state index in [9.17, 15) is 14.4 Å². The maximum absolute atomic E-state index is 12.7. The van der Waals surface area contributed by atoms with Crippen LogP contribution in [0.15, 0.2) is 47.6 Å². The van der Waals surface area contributed by atoms with Crippen molar-refractivity contribution in [2.24, 2.45) is 0 Å². The lowest BCUT2D eigenvalue weighted by atomic mass is 10.1. The van der Waals surface area contributed by atoms with Crippen LogP contribution in [0.4, 0.5) is 5.69 Å². The van der Waals surface area contributed by atoms with Crippen LogP contribution in [-0.2, 0) is 27.2 Å². The average Bonchev–Trinajstić information content (AvgIpc) is 3.28. The molecule has 184 valence electrons. The number of nitrogens with one attached hydrogen (secondary N) is 1. The van der Waals surface area contributed by atoms with E-state index in [1.165, 1.54) is 44.2 Å². The zero-order valence-electron chi connectivity index (χ0n) is 19.9. The molecular formula is C24H26N4O6S. The SMILES string of the molecule is CCn1c(Cc2ccc(OC)cc2)nnc1SCC(=O)Nc1cc(C(=O)OC)ccc1C(=O)OC. The van der Waals surface area contributed by atoms with Crippen LogP contribution in [-0.4, -0.2) is 59.7 Å². The number of ether oxygens (including phenoxy) is 3. The van der Waals surface area contributed by atoms with Gasteiger partial charge in [0.1, 0.15) is 11.6 Å². The van der Waals surface area contributed by atoms with Gasteiger partial charge >= 0.3 is 11.9 Å². The van der Waals surface area contributed by atoms with Crippen LogP contribution in [0.25, 0.3) is 0 Å². The molecule has 10 nitrogen and oxygen atoms in total. The summed E-state index contributed by atoms with van der Waals surface area (Å²) in [5, 5.41) is 11.8. The van der Waals surface area contributed by atoms with Gasteiger partial charge in [-0.05, 0) is 42.8 Å². The summed E-state index contributed by atoms with van der Waals surface area (Å²) in [5.41, 5.74) is 1.53. The normalized spacial score (nSPS) is 10.5. The number of carbonyl (C=O) groups excluding carboxylic acids is 3. The predicted molar refractivity (Wildman–Crippen MR) is 130 cm³/mol. The van der Waals surface area contributed by atoms with E-state index in [2.05, 4.69) is 15.5 Å². The van der Waals surface area contributed by atoms with E-state index in [4.69, 9.17) is 14.2 Å². The lowest BCUT2D eigenvalue weighted by Gasteiger charge is -2.12. The van der Waals surface area contributed by atoms with E-state index >= 15 is 0 Å². The van der Waals surface area contributed by atoms with Gasteiger partial charge < -0.3 is 24.1 Å². The van der Waals surface area contributed by atoms with Crippen molar-refractivity contribution in [3.8, 4) is 5.75 Å². The van der Waals surface area contributed by atoms with Gasteiger partial charge in [0, 0.05) is 13.0 Å². The minimum absolute atomic E-state index is 0.0176. The summed E-state index contributed by atoms with van der Waals surface area (Å²) in [5.74, 6) is -0.0432. The molecular weight excluding hydrogens is 472 g/mol. The summed E-state index contributed by atoms with van der Waals surface area (Å²) >= 11 is 1.22. The van der Waals surface area contributed by atoms with Gasteiger partial charge in [-0.2, -0.15) is 0 Å². The molecule has 11 heteroatoms. The zero-order chi connectivity index (χ0) is 25.4. The second-order valence-electron chi connectivity index (χ2n) is 7.25. The number of anilines is 1. The second kappa shape index (κ2) is 12.0. The van der Waals surface area contributed by atoms with Gasteiger partial charge in [-0.1, -0.05) is 23.9 Å². The summed E-state index contributed by atoms with van der Waals surface area (Å²) in [6, 6.07) is 11.9. The van der Waals surface area contributed by atoms with Gasteiger partial charge in [-0.25, -0.2) is 9.59 Å². The van der Waals surface area contributed by atoms with Crippen molar-refractivity contribution in [2.45, 2.75) is 25.0 Å². The molecule has 1 aromatic heterocycles. The highest BCUT2D eigenvalue weighted by Crippen LogP contribution is 2.23. The number of esters is 2. The highest BCUT2D eigenvalue weighted by molar-refractivity contribution is 7.99. The van der Waals surface area contributed by atoms with Crippen LogP contribution >= 0.6 is 11.8 Å². The first-order valence-corrected chi connectivity index (χ1v) is 11.7. The smallest absolute Gasteiger partial charge is 0.339 e. The number of carbonyl (C=O) groups is 3. The summed E-state index contributed by atoms with van der Waals surface area (Å²) in [7, 11) is 4.10. The lowest BCUT2D eigenvalue weighted by molar-refractivity contribution is -0.113. The molecule has 35 heavy (non-hydrogen) atoms. The van der Waals surface area contributed by atoms with E-state index < -0.39 is 11.9 Å². The third-order valence-corrected chi connectivity index (χ3v) is 6.05. The second-order valence-corrected chi connectivity index (χ2v) is 8.19. The van der Waals surface area contributed by atoms with Crippen LogP contribution in [0.5, 0.6) is 5.75 Å². The quantitative estimate of drug-likeness (QED) is 0.332. The molecule has 2 aromatic carbocycles. The van der Waals surface area contributed by atoms with Gasteiger partial charge in [0.05, 0.1) is 43.9 Å². The maximum Gasteiger partial charge on any atom is 0.339 e.